The molecule has 84 valence electrons. The summed E-state index contributed by atoms with van der Waals surface area (Å²) in [6, 6.07) is 0. The van der Waals surface area contributed by atoms with E-state index in [2.05, 4.69) is 22.2 Å². The Morgan fingerprint density at radius 1 is 1.53 bits per heavy atom. The van der Waals surface area contributed by atoms with E-state index in [1.54, 1.807) is 6.20 Å². The third kappa shape index (κ3) is 3.68. The normalized spacial score (nSPS) is 10.3. The number of aliphatic hydroxyl groups is 1. The Kier molecular flexibility index (Phi) is 5.42. The first-order valence-corrected chi connectivity index (χ1v) is 6.29. The maximum absolute atomic E-state index is 9.11. The van der Waals surface area contributed by atoms with E-state index in [0.29, 0.717) is 0 Å². The third-order valence-electron chi connectivity index (χ3n) is 2.02. The minimum atomic E-state index is -0.0247. The Morgan fingerprint density at radius 2 is 2.33 bits per heavy atom. The third-order valence-corrected chi connectivity index (χ3v) is 2.58. The zero-order valence-corrected chi connectivity index (χ0v) is 9.97. The van der Waals surface area contributed by atoms with Gasteiger partial charge in [-0.1, -0.05) is 25.1 Å². The van der Waals surface area contributed by atoms with Crippen molar-refractivity contribution >= 4 is 17.6 Å². The summed E-state index contributed by atoms with van der Waals surface area (Å²) in [6.45, 7) is 3.00. The summed E-state index contributed by atoms with van der Waals surface area (Å²) in [5.41, 5.74) is 0.754. The molecule has 1 heterocycles. The van der Waals surface area contributed by atoms with Crippen molar-refractivity contribution in [3.63, 3.8) is 0 Å². The predicted molar refractivity (Wildman–Crippen MR) is 63.1 cm³/mol. The number of aromatic nitrogens is 2. The fourth-order valence-corrected chi connectivity index (χ4v) is 1.48. The predicted octanol–water partition coefficient (Wildman–Crippen LogP) is 1.90. The minimum absolute atomic E-state index is 0.0247. The van der Waals surface area contributed by atoms with Crippen LogP contribution in [0.1, 0.15) is 25.3 Å². The number of aliphatic hydroxyl groups excluding tert-OH is 1. The molecule has 0 unspecified atom stereocenters. The molecule has 2 N–H and O–H groups in total. The van der Waals surface area contributed by atoms with Gasteiger partial charge in [0.1, 0.15) is 5.82 Å². The van der Waals surface area contributed by atoms with Crippen LogP contribution in [0.25, 0.3) is 0 Å². The van der Waals surface area contributed by atoms with Crippen molar-refractivity contribution in [3.05, 3.63) is 11.8 Å². The molecule has 4 nitrogen and oxygen atoms in total. The summed E-state index contributed by atoms with van der Waals surface area (Å²) in [6.07, 6.45) is 5.85. The van der Waals surface area contributed by atoms with Gasteiger partial charge in [0.15, 0.2) is 5.16 Å². The molecule has 0 aliphatic rings. The molecule has 0 spiro atoms. The maximum Gasteiger partial charge on any atom is 0.189 e. The van der Waals surface area contributed by atoms with E-state index in [9.17, 15) is 0 Å². The van der Waals surface area contributed by atoms with Gasteiger partial charge in [-0.3, -0.25) is 0 Å². The van der Waals surface area contributed by atoms with Crippen molar-refractivity contribution < 1.29 is 5.11 Å². The van der Waals surface area contributed by atoms with Gasteiger partial charge in [-0.25, -0.2) is 9.97 Å². The van der Waals surface area contributed by atoms with Gasteiger partial charge in [-0.05, 0) is 12.7 Å². The summed E-state index contributed by atoms with van der Waals surface area (Å²) >= 11 is 1.50. The first-order valence-electron chi connectivity index (χ1n) is 5.06. The van der Waals surface area contributed by atoms with Gasteiger partial charge in [0.25, 0.3) is 0 Å². The summed E-state index contributed by atoms with van der Waals surface area (Å²) in [5, 5.41) is 13.1. The molecule has 0 aliphatic carbocycles. The number of hydrogen-bond donors (Lipinski definition) is 2. The van der Waals surface area contributed by atoms with Crippen molar-refractivity contribution in [2.75, 3.05) is 18.1 Å². The molecule has 15 heavy (non-hydrogen) atoms. The average Bonchev–Trinajstić information content (AvgIpc) is 2.29. The highest BCUT2D eigenvalue weighted by molar-refractivity contribution is 7.98. The molecule has 0 aromatic carbocycles. The Hall–Kier alpha value is -0.810. The van der Waals surface area contributed by atoms with Gasteiger partial charge >= 0.3 is 0 Å². The highest BCUT2D eigenvalue weighted by Crippen LogP contribution is 2.16. The van der Waals surface area contributed by atoms with Crippen LogP contribution in [0, 0.1) is 0 Å². The molecule has 0 radical (unpaired) electrons. The molecule has 1 rings (SSSR count). The quantitative estimate of drug-likeness (QED) is 0.441. The van der Waals surface area contributed by atoms with Crippen LogP contribution < -0.4 is 5.32 Å². The van der Waals surface area contributed by atoms with Crippen LogP contribution in [0.5, 0.6) is 0 Å². The lowest BCUT2D eigenvalue weighted by molar-refractivity contribution is 0.281. The van der Waals surface area contributed by atoms with E-state index in [-0.39, 0.29) is 6.61 Å². The van der Waals surface area contributed by atoms with Crippen molar-refractivity contribution in [2.45, 2.75) is 31.5 Å². The van der Waals surface area contributed by atoms with Crippen LogP contribution in [0.4, 0.5) is 5.82 Å². The largest absolute Gasteiger partial charge is 0.391 e. The molecule has 0 saturated heterocycles. The van der Waals surface area contributed by atoms with Gasteiger partial charge in [-0.15, -0.1) is 0 Å². The highest BCUT2D eigenvalue weighted by atomic mass is 32.2. The first-order chi connectivity index (χ1) is 7.31. The standard InChI is InChI=1S/C10H17N3OS/c1-3-4-5-11-9-8(7-14)6-12-10(13-9)15-2/h6,14H,3-5,7H2,1-2H3,(H,11,12,13). The van der Waals surface area contributed by atoms with E-state index in [1.165, 1.54) is 11.8 Å². The second-order valence-corrected chi connectivity index (χ2v) is 3.94. The van der Waals surface area contributed by atoms with Gasteiger partial charge < -0.3 is 10.4 Å². The van der Waals surface area contributed by atoms with E-state index >= 15 is 0 Å². The fourth-order valence-electron chi connectivity index (χ4n) is 1.14. The number of rotatable bonds is 6. The summed E-state index contributed by atoms with van der Waals surface area (Å²) in [7, 11) is 0. The van der Waals surface area contributed by atoms with Crippen LogP contribution in [-0.2, 0) is 6.61 Å². The number of unbranched alkanes of at least 4 members (excludes halogenated alkanes) is 1. The number of nitrogens with zero attached hydrogens (tertiary/aromatic N) is 2. The zero-order valence-electron chi connectivity index (χ0n) is 9.16. The smallest absolute Gasteiger partial charge is 0.189 e. The Balaban J connectivity index is 2.72. The summed E-state index contributed by atoms with van der Waals surface area (Å²) in [4.78, 5) is 8.42. The average molecular weight is 227 g/mol. The van der Waals surface area contributed by atoms with Crippen molar-refractivity contribution in [2.24, 2.45) is 0 Å². The van der Waals surface area contributed by atoms with E-state index in [1.807, 2.05) is 6.26 Å². The molecule has 0 bridgehead atoms. The van der Waals surface area contributed by atoms with Gasteiger partial charge in [0.05, 0.1) is 6.61 Å². The fraction of sp³-hybridized carbons (Fsp3) is 0.600. The summed E-state index contributed by atoms with van der Waals surface area (Å²) < 4.78 is 0. The monoisotopic (exact) mass is 227 g/mol. The van der Waals surface area contributed by atoms with Crippen molar-refractivity contribution in [1.82, 2.24) is 9.97 Å². The molecular formula is C10H17N3OS. The summed E-state index contributed by atoms with van der Waals surface area (Å²) in [5.74, 6) is 0.755. The molecule has 1 aromatic heterocycles. The molecule has 1 aromatic rings. The van der Waals surface area contributed by atoms with E-state index in [0.717, 1.165) is 35.9 Å². The zero-order chi connectivity index (χ0) is 11.1. The maximum atomic E-state index is 9.11. The number of hydrogen-bond acceptors (Lipinski definition) is 5. The lowest BCUT2D eigenvalue weighted by Gasteiger charge is -2.09. The topological polar surface area (TPSA) is 58.0 Å². The molecule has 0 atom stereocenters. The lowest BCUT2D eigenvalue weighted by Crippen LogP contribution is -2.07. The van der Waals surface area contributed by atoms with Crippen LogP contribution in [-0.4, -0.2) is 27.9 Å². The Labute approximate surface area is 94.5 Å². The first kappa shape index (κ1) is 12.3. The minimum Gasteiger partial charge on any atom is -0.391 e. The molecule has 0 aliphatic heterocycles. The van der Waals surface area contributed by atoms with Crippen LogP contribution in [0.3, 0.4) is 0 Å². The van der Waals surface area contributed by atoms with Gasteiger partial charge in [0.2, 0.25) is 0 Å². The highest BCUT2D eigenvalue weighted by Gasteiger charge is 2.04. The Morgan fingerprint density at radius 3 is 2.93 bits per heavy atom. The number of nitrogens with one attached hydrogen (secondary N) is 1. The second kappa shape index (κ2) is 6.63. The van der Waals surface area contributed by atoms with Gasteiger partial charge in [-0.2, -0.15) is 0 Å². The molecule has 5 heteroatoms. The molecule has 0 fully saturated rings. The van der Waals surface area contributed by atoms with Crippen molar-refractivity contribution in [3.8, 4) is 0 Å². The van der Waals surface area contributed by atoms with E-state index < -0.39 is 0 Å². The number of anilines is 1. The van der Waals surface area contributed by atoms with Crippen LogP contribution in [0.2, 0.25) is 0 Å². The lowest BCUT2D eigenvalue weighted by atomic mass is 10.3. The SMILES string of the molecule is CCCCNc1nc(SC)ncc1CO. The molecule has 0 saturated carbocycles. The Bertz CT molecular complexity index is 307. The van der Waals surface area contributed by atoms with Crippen molar-refractivity contribution in [1.29, 1.82) is 0 Å². The van der Waals surface area contributed by atoms with E-state index in [4.69, 9.17) is 5.11 Å². The van der Waals surface area contributed by atoms with Crippen LogP contribution >= 0.6 is 11.8 Å². The molecule has 0 amide bonds. The van der Waals surface area contributed by atoms with Crippen LogP contribution in [0.15, 0.2) is 11.4 Å². The second-order valence-electron chi connectivity index (χ2n) is 3.17. The molecular weight excluding hydrogens is 210 g/mol. The number of thioether (sulfide) groups is 1. The van der Waals surface area contributed by atoms with Gasteiger partial charge in [0, 0.05) is 18.3 Å².